The van der Waals surface area contributed by atoms with E-state index in [1.165, 1.54) is 0 Å². The molecule has 0 fully saturated rings. The molecule has 0 aromatic carbocycles. The van der Waals surface area contributed by atoms with Crippen LogP contribution in [0.5, 0.6) is 0 Å². The SMILES string of the molecule is C[SiH](C)CCOC(=O)CCCNC=O. The second kappa shape index (κ2) is 8.74. The minimum Gasteiger partial charge on any atom is -0.466 e. The zero-order valence-corrected chi connectivity index (χ0v) is 10.1. The van der Waals surface area contributed by atoms with Crippen molar-refractivity contribution in [2.75, 3.05) is 13.2 Å². The van der Waals surface area contributed by atoms with Crippen molar-refractivity contribution in [2.45, 2.75) is 32.0 Å². The number of hydrogen-bond acceptors (Lipinski definition) is 3. The molecule has 0 saturated heterocycles. The number of hydrogen-bond donors (Lipinski definition) is 1. The van der Waals surface area contributed by atoms with Crippen molar-refractivity contribution in [1.82, 2.24) is 5.32 Å². The summed E-state index contributed by atoms with van der Waals surface area (Å²) in [6, 6.07) is 1.04. The summed E-state index contributed by atoms with van der Waals surface area (Å²) in [6.07, 6.45) is 1.67. The molecule has 0 bridgehead atoms. The van der Waals surface area contributed by atoms with Crippen LogP contribution in [0, 0.1) is 0 Å². The van der Waals surface area contributed by atoms with Crippen molar-refractivity contribution in [3.05, 3.63) is 0 Å². The molecule has 0 radical (unpaired) electrons. The molecule has 0 aliphatic rings. The largest absolute Gasteiger partial charge is 0.466 e. The molecule has 0 aromatic heterocycles. The molecule has 0 saturated carbocycles. The van der Waals surface area contributed by atoms with Gasteiger partial charge in [-0.05, 0) is 12.5 Å². The maximum absolute atomic E-state index is 11.1. The van der Waals surface area contributed by atoms with E-state index in [4.69, 9.17) is 4.74 Å². The molecule has 1 amide bonds. The summed E-state index contributed by atoms with van der Waals surface area (Å²) in [4.78, 5) is 20.9. The quantitative estimate of drug-likeness (QED) is 0.279. The Morgan fingerprint density at radius 2 is 2.21 bits per heavy atom. The van der Waals surface area contributed by atoms with E-state index in [9.17, 15) is 9.59 Å². The zero-order valence-electron chi connectivity index (χ0n) is 8.91. The Labute approximate surface area is 86.6 Å². The first-order chi connectivity index (χ1) is 6.66. The molecule has 1 N–H and O–H groups in total. The Hall–Kier alpha value is -0.843. The molecular formula is C9H19NO3Si. The third kappa shape index (κ3) is 9.25. The van der Waals surface area contributed by atoms with Crippen LogP contribution < -0.4 is 5.32 Å². The zero-order chi connectivity index (χ0) is 10.8. The highest BCUT2D eigenvalue weighted by atomic mass is 28.3. The minimum absolute atomic E-state index is 0.160. The highest BCUT2D eigenvalue weighted by molar-refractivity contribution is 6.55. The van der Waals surface area contributed by atoms with Gasteiger partial charge in [0.2, 0.25) is 6.41 Å². The summed E-state index contributed by atoms with van der Waals surface area (Å²) in [5, 5.41) is 2.50. The molecule has 82 valence electrons. The number of carbonyl (C=O) groups is 2. The molecular weight excluding hydrogens is 198 g/mol. The van der Waals surface area contributed by atoms with Crippen molar-refractivity contribution >= 4 is 21.2 Å². The highest BCUT2D eigenvalue weighted by Crippen LogP contribution is 1.96. The Balaban J connectivity index is 3.23. The van der Waals surface area contributed by atoms with Gasteiger partial charge in [-0.15, -0.1) is 0 Å². The summed E-state index contributed by atoms with van der Waals surface area (Å²) >= 11 is 0. The molecule has 0 heterocycles. The molecule has 5 heteroatoms. The molecule has 0 rings (SSSR count). The lowest BCUT2D eigenvalue weighted by molar-refractivity contribution is -0.143. The number of esters is 1. The van der Waals surface area contributed by atoms with Gasteiger partial charge in [-0.1, -0.05) is 13.1 Å². The summed E-state index contributed by atoms with van der Waals surface area (Å²) < 4.78 is 5.01. The van der Waals surface area contributed by atoms with Gasteiger partial charge >= 0.3 is 5.97 Å². The van der Waals surface area contributed by atoms with Gasteiger partial charge in [0.1, 0.15) is 0 Å². The van der Waals surface area contributed by atoms with E-state index >= 15 is 0 Å². The average Bonchev–Trinajstić information content (AvgIpc) is 2.12. The smallest absolute Gasteiger partial charge is 0.305 e. The normalized spacial score (nSPS) is 9.93. The average molecular weight is 217 g/mol. The van der Waals surface area contributed by atoms with Gasteiger partial charge < -0.3 is 10.1 Å². The highest BCUT2D eigenvalue weighted by Gasteiger charge is 2.03. The predicted octanol–water partition coefficient (Wildman–Crippen LogP) is 0.542. The fourth-order valence-electron chi connectivity index (χ4n) is 0.874. The summed E-state index contributed by atoms with van der Waals surface area (Å²) in [5.74, 6) is -0.160. The first-order valence-corrected chi connectivity index (χ1v) is 8.12. The van der Waals surface area contributed by atoms with Crippen molar-refractivity contribution in [2.24, 2.45) is 0 Å². The van der Waals surface area contributed by atoms with Gasteiger partial charge in [0, 0.05) is 21.8 Å². The van der Waals surface area contributed by atoms with Crippen LogP contribution in [0.15, 0.2) is 0 Å². The summed E-state index contributed by atoms with van der Waals surface area (Å²) in [6.45, 7) is 5.55. The van der Waals surface area contributed by atoms with E-state index in [1.807, 2.05) is 0 Å². The maximum Gasteiger partial charge on any atom is 0.305 e. The third-order valence-electron chi connectivity index (χ3n) is 1.74. The number of rotatable bonds is 8. The fourth-order valence-corrected chi connectivity index (χ4v) is 1.46. The molecule has 0 spiro atoms. The molecule has 4 nitrogen and oxygen atoms in total. The van der Waals surface area contributed by atoms with Crippen LogP contribution in [0.4, 0.5) is 0 Å². The van der Waals surface area contributed by atoms with Crippen LogP contribution in [0.25, 0.3) is 0 Å². The Kier molecular flexibility index (Phi) is 8.22. The molecule has 14 heavy (non-hydrogen) atoms. The van der Waals surface area contributed by atoms with E-state index < -0.39 is 8.80 Å². The fraction of sp³-hybridized carbons (Fsp3) is 0.778. The predicted molar refractivity (Wildman–Crippen MR) is 57.9 cm³/mol. The van der Waals surface area contributed by atoms with Gasteiger partial charge in [0.15, 0.2) is 0 Å². The van der Waals surface area contributed by atoms with Crippen LogP contribution in [0.3, 0.4) is 0 Å². The van der Waals surface area contributed by atoms with E-state index in [0.717, 1.165) is 6.04 Å². The van der Waals surface area contributed by atoms with E-state index in [2.05, 4.69) is 18.4 Å². The van der Waals surface area contributed by atoms with Crippen LogP contribution in [0.1, 0.15) is 12.8 Å². The van der Waals surface area contributed by atoms with Gasteiger partial charge in [0.05, 0.1) is 6.61 Å². The summed E-state index contributed by atoms with van der Waals surface area (Å²) in [7, 11) is -0.604. The van der Waals surface area contributed by atoms with Crippen LogP contribution in [0.2, 0.25) is 19.1 Å². The van der Waals surface area contributed by atoms with Crippen LogP contribution >= 0.6 is 0 Å². The van der Waals surface area contributed by atoms with Gasteiger partial charge in [-0.25, -0.2) is 0 Å². The Morgan fingerprint density at radius 1 is 1.50 bits per heavy atom. The first-order valence-electron chi connectivity index (χ1n) is 4.99. The van der Waals surface area contributed by atoms with Crippen LogP contribution in [-0.2, 0) is 14.3 Å². The van der Waals surface area contributed by atoms with E-state index in [1.54, 1.807) is 0 Å². The number of ether oxygens (including phenoxy) is 1. The summed E-state index contributed by atoms with van der Waals surface area (Å²) in [5.41, 5.74) is 0. The van der Waals surface area contributed by atoms with Crippen molar-refractivity contribution in [1.29, 1.82) is 0 Å². The van der Waals surface area contributed by atoms with Crippen LogP contribution in [-0.4, -0.2) is 34.3 Å². The first kappa shape index (κ1) is 13.2. The third-order valence-corrected chi connectivity index (χ3v) is 3.13. The van der Waals surface area contributed by atoms with E-state index in [-0.39, 0.29) is 5.97 Å². The van der Waals surface area contributed by atoms with Gasteiger partial charge in [-0.2, -0.15) is 0 Å². The monoisotopic (exact) mass is 217 g/mol. The van der Waals surface area contributed by atoms with E-state index in [0.29, 0.717) is 32.4 Å². The van der Waals surface area contributed by atoms with Gasteiger partial charge in [0.25, 0.3) is 0 Å². The minimum atomic E-state index is -0.604. The number of amides is 1. The van der Waals surface area contributed by atoms with Crippen molar-refractivity contribution < 1.29 is 14.3 Å². The Bertz CT molecular complexity index is 173. The second-order valence-electron chi connectivity index (χ2n) is 3.58. The molecule has 0 aliphatic heterocycles. The lowest BCUT2D eigenvalue weighted by atomic mass is 10.3. The van der Waals surface area contributed by atoms with Gasteiger partial charge in [-0.3, -0.25) is 9.59 Å². The molecule has 0 aromatic rings. The lowest BCUT2D eigenvalue weighted by Crippen LogP contribution is -2.15. The topological polar surface area (TPSA) is 55.4 Å². The number of nitrogens with one attached hydrogen (secondary N) is 1. The molecule has 0 atom stereocenters. The Morgan fingerprint density at radius 3 is 2.79 bits per heavy atom. The van der Waals surface area contributed by atoms with Crippen molar-refractivity contribution in [3.8, 4) is 0 Å². The molecule has 0 unspecified atom stereocenters. The van der Waals surface area contributed by atoms with Crippen molar-refractivity contribution in [3.63, 3.8) is 0 Å². The lowest BCUT2D eigenvalue weighted by Gasteiger charge is -2.05. The maximum atomic E-state index is 11.1. The number of carbonyl (C=O) groups excluding carboxylic acids is 2. The standard InChI is InChI=1S/C9H19NO3Si/c1-14(2)7-6-13-9(12)4-3-5-10-8-11/h8,14H,3-7H2,1-2H3,(H,10,11). The molecule has 0 aliphatic carbocycles. The second-order valence-corrected chi connectivity index (χ2v) is 6.94.